The van der Waals surface area contributed by atoms with Crippen LogP contribution in [-0.4, -0.2) is 34.3 Å². The van der Waals surface area contributed by atoms with Gasteiger partial charge < -0.3 is 4.43 Å². The van der Waals surface area contributed by atoms with E-state index in [1.54, 1.807) is 0 Å². The van der Waals surface area contributed by atoms with Crippen LogP contribution in [0.15, 0.2) is 29.2 Å². The first-order valence-electron chi connectivity index (χ1n) is 8.90. The van der Waals surface area contributed by atoms with Crippen molar-refractivity contribution in [3.05, 3.63) is 34.4 Å². The molecule has 0 aromatic heterocycles. The summed E-state index contributed by atoms with van der Waals surface area (Å²) in [4.78, 5) is 9.96. The van der Waals surface area contributed by atoms with E-state index in [0.717, 1.165) is 12.1 Å². The molecule has 0 aliphatic rings. The zero-order valence-electron chi connectivity index (χ0n) is 17.5. The van der Waals surface area contributed by atoms with Crippen LogP contribution in [0.3, 0.4) is 0 Å². The number of nitriles is 1. The van der Waals surface area contributed by atoms with E-state index in [1.165, 1.54) is 19.1 Å². The number of nitro groups is 1. The average Bonchev–Trinajstić information content (AvgIpc) is 2.63. The summed E-state index contributed by atoms with van der Waals surface area (Å²) in [5.74, 6) is 2.33. The number of para-hydroxylation sites is 1. The molecule has 0 saturated carbocycles. The highest BCUT2D eigenvalue weighted by atomic mass is 32.2. The van der Waals surface area contributed by atoms with E-state index in [1.807, 2.05) is 39.9 Å². The molecule has 0 aliphatic carbocycles. The Morgan fingerprint density at radius 2 is 1.86 bits per heavy atom. The van der Waals surface area contributed by atoms with Crippen molar-refractivity contribution in [2.24, 2.45) is 5.41 Å². The van der Waals surface area contributed by atoms with Crippen molar-refractivity contribution in [3.63, 3.8) is 0 Å². The number of nitro benzene ring substituents is 1. The van der Waals surface area contributed by atoms with Crippen LogP contribution in [0.5, 0.6) is 0 Å². The largest absolute Gasteiger partial charge is 0.415 e. The zero-order valence-corrected chi connectivity index (χ0v) is 19.3. The minimum absolute atomic E-state index is 0.134. The van der Waals surface area contributed by atoms with Crippen molar-refractivity contribution < 1.29 is 17.8 Å². The molecule has 0 heterocycles. The maximum Gasteiger partial charge on any atom is 0.289 e. The maximum absolute atomic E-state index is 12.9. The van der Waals surface area contributed by atoms with Crippen LogP contribution in [0.4, 0.5) is 5.69 Å². The van der Waals surface area contributed by atoms with Crippen molar-refractivity contribution in [2.45, 2.75) is 56.8 Å². The highest BCUT2D eigenvalue weighted by Gasteiger charge is 2.42. The summed E-state index contributed by atoms with van der Waals surface area (Å²) in [5.41, 5.74) is -2.08. The van der Waals surface area contributed by atoms with Gasteiger partial charge in [0.15, 0.2) is 13.2 Å². The summed E-state index contributed by atoms with van der Waals surface area (Å²) in [6.07, 6.45) is 5.52. The average molecular weight is 438 g/mol. The smallest absolute Gasteiger partial charge is 0.289 e. The number of hydrogen-bond donors (Lipinski definition) is 1. The van der Waals surface area contributed by atoms with Gasteiger partial charge in [-0.15, -0.1) is 6.42 Å². The van der Waals surface area contributed by atoms with Crippen LogP contribution >= 0.6 is 0 Å². The molecule has 10 heteroatoms. The Morgan fingerprint density at radius 3 is 2.31 bits per heavy atom. The molecule has 8 nitrogen and oxygen atoms in total. The molecule has 0 unspecified atom stereocenters. The molecular weight excluding hydrogens is 410 g/mol. The summed E-state index contributed by atoms with van der Waals surface area (Å²) in [7, 11) is -6.62. The Kier molecular flexibility index (Phi) is 7.38. The molecule has 1 aromatic carbocycles. The Morgan fingerprint density at radius 1 is 1.31 bits per heavy atom. The van der Waals surface area contributed by atoms with Crippen molar-refractivity contribution in [3.8, 4) is 18.4 Å². The number of nitrogens with zero attached hydrogens (tertiary/aromatic N) is 2. The van der Waals surface area contributed by atoms with E-state index in [-0.39, 0.29) is 11.6 Å². The molecule has 0 radical (unpaired) electrons. The Balaban J connectivity index is 3.35. The highest BCUT2D eigenvalue weighted by molar-refractivity contribution is 7.89. The number of nitrogens with one attached hydrogen (secondary N) is 1. The summed E-state index contributed by atoms with van der Waals surface area (Å²) >= 11 is 0. The van der Waals surface area contributed by atoms with Crippen LogP contribution in [0.1, 0.15) is 27.7 Å². The van der Waals surface area contributed by atoms with E-state index in [0.29, 0.717) is 0 Å². The van der Waals surface area contributed by atoms with Gasteiger partial charge in [0.1, 0.15) is 5.41 Å². The third kappa shape index (κ3) is 5.64. The normalized spacial score (nSPS) is 15.6. The molecule has 2 atom stereocenters. The minimum atomic E-state index is -4.34. The second kappa shape index (κ2) is 8.64. The third-order valence-corrected chi connectivity index (χ3v) is 11.3. The summed E-state index contributed by atoms with van der Waals surface area (Å²) in [5, 5.41) is 20.7. The molecule has 0 spiro atoms. The molecule has 0 bridgehead atoms. The topological polar surface area (TPSA) is 122 Å². The Labute approximate surface area is 173 Å². The molecule has 0 saturated heterocycles. The second-order valence-electron chi connectivity index (χ2n) is 8.43. The van der Waals surface area contributed by atoms with Crippen molar-refractivity contribution in [1.82, 2.24) is 4.72 Å². The first kappa shape index (κ1) is 24.8. The van der Waals surface area contributed by atoms with Gasteiger partial charge in [0.25, 0.3) is 5.69 Å². The predicted molar refractivity (Wildman–Crippen MR) is 113 cm³/mol. The van der Waals surface area contributed by atoms with E-state index in [2.05, 4.69) is 10.6 Å². The number of rotatable bonds is 8. The lowest BCUT2D eigenvalue weighted by atomic mass is 9.86. The molecular formula is C19H27N3O5SSi. The van der Waals surface area contributed by atoms with Crippen LogP contribution in [-0.2, 0) is 14.4 Å². The molecule has 1 aromatic rings. The molecule has 0 aliphatic heterocycles. The van der Waals surface area contributed by atoms with Crippen molar-refractivity contribution in [1.29, 1.82) is 5.26 Å². The molecule has 158 valence electrons. The maximum atomic E-state index is 12.9. The highest BCUT2D eigenvalue weighted by Crippen LogP contribution is 2.37. The van der Waals surface area contributed by atoms with E-state index >= 15 is 0 Å². The van der Waals surface area contributed by atoms with E-state index in [4.69, 9.17) is 10.8 Å². The van der Waals surface area contributed by atoms with Gasteiger partial charge in [0.2, 0.25) is 10.0 Å². The fourth-order valence-electron chi connectivity index (χ4n) is 2.12. The lowest BCUT2D eigenvalue weighted by Crippen LogP contribution is -2.51. The van der Waals surface area contributed by atoms with Gasteiger partial charge in [-0.3, -0.25) is 10.1 Å². The van der Waals surface area contributed by atoms with Crippen molar-refractivity contribution >= 4 is 24.0 Å². The Hall–Kier alpha value is -2.24. The fraction of sp³-hybridized carbons (Fsp3) is 0.526. The van der Waals surface area contributed by atoms with Crippen molar-refractivity contribution in [2.75, 3.05) is 6.61 Å². The van der Waals surface area contributed by atoms with Gasteiger partial charge in [-0.1, -0.05) is 38.8 Å². The lowest BCUT2D eigenvalue weighted by molar-refractivity contribution is -0.387. The van der Waals surface area contributed by atoms with E-state index < -0.39 is 45.3 Å². The molecule has 29 heavy (non-hydrogen) atoms. The number of benzene rings is 1. The molecule has 0 amide bonds. The van der Waals surface area contributed by atoms with Gasteiger partial charge in [-0.2, -0.15) is 5.26 Å². The van der Waals surface area contributed by atoms with Crippen LogP contribution in [0.25, 0.3) is 0 Å². The number of hydrogen-bond acceptors (Lipinski definition) is 6. The summed E-state index contributed by atoms with van der Waals surface area (Å²) in [6, 6.07) is 5.83. The minimum Gasteiger partial charge on any atom is -0.415 e. The second-order valence-corrected chi connectivity index (χ2v) is 14.9. The van der Waals surface area contributed by atoms with Crippen LogP contribution in [0.2, 0.25) is 18.1 Å². The molecule has 1 N–H and O–H groups in total. The van der Waals surface area contributed by atoms with Gasteiger partial charge in [0, 0.05) is 6.07 Å². The van der Waals surface area contributed by atoms with Gasteiger partial charge in [-0.25, -0.2) is 13.1 Å². The fourth-order valence-corrected chi connectivity index (χ4v) is 4.62. The monoisotopic (exact) mass is 437 g/mol. The van der Waals surface area contributed by atoms with E-state index in [9.17, 15) is 23.8 Å². The standard InChI is InChI=1S/C19H27N3O5SSi/c1-8-19(5,14-20)17(13-27-29(6,7)18(2,3)4)21-28(25,26)16-12-10-9-11-15(16)22(23)24/h1,9-12,17,21H,13H2,2-7H3/t17-,19+/m1/s1. The first-order chi connectivity index (χ1) is 13.1. The van der Waals surface area contributed by atoms with Crippen LogP contribution < -0.4 is 4.72 Å². The molecule has 0 fully saturated rings. The predicted octanol–water partition coefficient (Wildman–Crippen LogP) is 3.43. The summed E-state index contributed by atoms with van der Waals surface area (Å²) in [6.45, 7) is 11.3. The SMILES string of the molecule is C#C[C@@](C)(C#N)[C@@H](CO[Si](C)(C)C(C)(C)C)NS(=O)(=O)c1ccccc1[N+](=O)[O-]. The van der Waals surface area contributed by atoms with Gasteiger partial charge >= 0.3 is 0 Å². The lowest BCUT2D eigenvalue weighted by Gasteiger charge is -2.38. The first-order valence-corrected chi connectivity index (χ1v) is 13.3. The summed E-state index contributed by atoms with van der Waals surface area (Å²) < 4.78 is 34.3. The third-order valence-electron chi connectivity index (χ3n) is 5.29. The zero-order chi connectivity index (χ0) is 22.7. The number of sulfonamides is 1. The van der Waals surface area contributed by atoms with Gasteiger partial charge in [0.05, 0.1) is 23.6 Å². The Bertz CT molecular complexity index is 941. The van der Waals surface area contributed by atoms with Crippen LogP contribution in [0, 0.1) is 39.2 Å². The van der Waals surface area contributed by atoms with Gasteiger partial charge in [-0.05, 0) is 31.1 Å². The number of terminal acetylenes is 1. The quantitative estimate of drug-likeness (QED) is 0.288. The molecule has 1 rings (SSSR count).